The highest BCUT2D eigenvalue weighted by Gasteiger charge is 2.20. The van der Waals surface area contributed by atoms with Crippen molar-refractivity contribution in [3.63, 3.8) is 0 Å². The summed E-state index contributed by atoms with van der Waals surface area (Å²) in [6.45, 7) is 4.08. The zero-order valence-electron chi connectivity index (χ0n) is 16.7. The van der Waals surface area contributed by atoms with Gasteiger partial charge < -0.3 is 20.8 Å². The second kappa shape index (κ2) is 10.8. The fourth-order valence-electron chi connectivity index (χ4n) is 3.23. The summed E-state index contributed by atoms with van der Waals surface area (Å²) in [5, 5.41) is 7.66. The van der Waals surface area contributed by atoms with E-state index in [-0.39, 0.29) is 11.9 Å². The van der Waals surface area contributed by atoms with Gasteiger partial charge in [-0.05, 0) is 49.0 Å². The molecule has 0 atom stereocenters. The maximum absolute atomic E-state index is 14.8. The Morgan fingerprint density at radius 2 is 2.24 bits per heavy atom. The van der Waals surface area contributed by atoms with Crippen molar-refractivity contribution in [1.82, 2.24) is 10.2 Å². The zero-order valence-corrected chi connectivity index (χ0v) is 18.2. The number of nitrogens with two attached hydrogens (primary N) is 1. The summed E-state index contributed by atoms with van der Waals surface area (Å²) < 4.78 is 14.8. The molecule has 0 radical (unpaired) electrons. The van der Waals surface area contributed by atoms with E-state index in [1.54, 1.807) is 6.07 Å². The van der Waals surface area contributed by atoms with Gasteiger partial charge in [-0.15, -0.1) is 0 Å². The number of nitrogens with zero attached hydrogens (tertiary/aromatic N) is 2. The van der Waals surface area contributed by atoms with Crippen LogP contribution in [0.2, 0.25) is 5.02 Å². The lowest BCUT2D eigenvalue weighted by atomic mass is 10.1. The summed E-state index contributed by atoms with van der Waals surface area (Å²) in [4.78, 5) is 7.61. The summed E-state index contributed by atoms with van der Waals surface area (Å²) in [5.41, 5.74) is 6.89. The van der Waals surface area contributed by atoms with Crippen LogP contribution in [0, 0.1) is 5.82 Å². The average Bonchev–Trinajstić information content (AvgIpc) is 3.16. The summed E-state index contributed by atoms with van der Waals surface area (Å²) in [6, 6.07) is 3.03. The van der Waals surface area contributed by atoms with Crippen molar-refractivity contribution in [2.24, 2.45) is 10.9 Å². The van der Waals surface area contributed by atoms with Gasteiger partial charge in [0.1, 0.15) is 17.7 Å². The molecule has 0 unspecified atom stereocenters. The number of benzene rings is 1. The number of thioether (sulfide) groups is 1. The highest BCUT2D eigenvalue weighted by Crippen LogP contribution is 2.26. The van der Waals surface area contributed by atoms with Crippen molar-refractivity contribution in [1.29, 1.82) is 0 Å². The van der Waals surface area contributed by atoms with Crippen LogP contribution in [-0.4, -0.2) is 41.4 Å². The summed E-state index contributed by atoms with van der Waals surface area (Å²) in [7, 11) is 0. The molecule has 2 aliphatic rings. The van der Waals surface area contributed by atoms with Crippen LogP contribution >= 0.6 is 23.4 Å². The van der Waals surface area contributed by atoms with Gasteiger partial charge in [0.05, 0.1) is 0 Å². The van der Waals surface area contributed by atoms with Gasteiger partial charge in [0.15, 0.2) is 5.84 Å². The maximum Gasteiger partial charge on any atom is 0.170 e. The minimum atomic E-state index is -0.393. The summed E-state index contributed by atoms with van der Waals surface area (Å²) in [5.74, 6) is 2.84. The monoisotopic (exact) mass is 438 g/mol. The first-order valence-corrected chi connectivity index (χ1v) is 11.5. The van der Waals surface area contributed by atoms with Gasteiger partial charge in [-0.25, -0.2) is 4.39 Å². The third kappa shape index (κ3) is 6.06. The predicted octanol–water partition coefficient (Wildman–Crippen LogP) is 4.22. The lowest BCUT2D eigenvalue weighted by molar-refractivity contribution is 0.0534. The van der Waals surface area contributed by atoms with E-state index in [1.165, 1.54) is 6.07 Å². The van der Waals surface area contributed by atoms with Crippen LogP contribution in [0.1, 0.15) is 37.3 Å². The molecule has 2 saturated heterocycles. The lowest BCUT2D eigenvalue weighted by Crippen LogP contribution is -2.22. The van der Waals surface area contributed by atoms with Crippen molar-refractivity contribution in [3.8, 4) is 0 Å². The van der Waals surface area contributed by atoms with E-state index in [9.17, 15) is 4.39 Å². The highest BCUT2D eigenvalue weighted by atomic mass is 35.5. The number of amidine groups is 1. The minimum Gasteiger partial charge on any atom is -0.391 e. The minimum absolute atomic E-state index is 0.0732. The number of halogens is 2. The van der Waals surface area contributed by atoms with Gasteiger partial charge in [-0.2, -0.15) is 11.8 Å². The molecule has 8 heteroatoms. The zero-order chi connectivity index (χ0) is 20.6. The van der Waals surface area contributed by atoms with Crippen LogP contribution in [-0.2, 0) is 11.4 Å². The quantitative estimate of drug-likeness (QED) is 0.379. The van der Waals surface area contributed by atoms with Crippen LogP contribution in [0.5, 0.6) is 0 Å². The topological polar surface area (TPSA) is 62.9 Å². The smallest absolute Gasteiger partial charge is 0.170 e. The molecular weight excluding hydrogens is 411 g/mol. The van der Waals surface area contributed by atoms with E-state index < -0.39 is 5.82 Å². The Morgan fingerprint density at radius 3 is 2.97 bits per heavy atom. The molecule has 3 rings (SSSR count). The Kier molecular flexibility index (Phi) is 8.12. The Morgan fingerprint density at radius 1 is 1.45 bits per heavy atom. The predicted molar refractivity (Wildman–Crippen MR) is 119 cm³/mol. The number of rotatable bonds is 7. The van der Waals surface area contributed by atoms with Crippen LogP contribution in [0.25, 0.3) is 0 Å². The largest absolute Gasteiger partial charge is 0.391 e. The molecule has 1 aromatic carbocycles. The van der Waals surface area contributed by atoms with Gasteiger partial charge >= 0.3 is 0 Å². The van der Waals surface area contributed by atoms with Crippen molar-refractivity contribution in [2.45, 2.75) is 38.8 Å². The molecule has 29 heavy (non-hydrogen) atoms. The molecule has 1 aromatic rings. The van der Waals surface area contributed by atoms with Crippen LogP contribution in [0.15, 0.2) is 41.3 Å². The normalized spacial score (nSPS) is 19.9. The van der Waals surface area contributed by atoms with E-state index in [4.69, 9.17) is 22.2 Å². The lowest BCUT2D eigenvalue weighted by Gasteiger charge is -2.21. The number of allylic oxidation sites excluding steroid dienone is 3. The van der Waals surface area contributed by atoms with Crippen molar-refractivity contribution in [2.75, 3.05) is 24.6 Å². The molecule has 5 nitrogen and oxygen atoms in total. The van der Waals surface area contributed by atoms with Crippen LogP contribution in [0.4, 0.5) is 4.39 Å². The van der Waals surface area contributed by atoms with Gasteiger partial charge in [0, 0.05) is 35.8 Å². The van der Waals surface area contributed by atoms with Crippen molar-refractivity contribution >= 4 is 29.2 Å². The average molecular weight is 439 g/mol. The van der Waals surface area contributed by atoms with E-state index >= 15 is 0 Å². The van der Waals surface area contributed by atoms with E-state index in [0.29, 0.717) is 22.7 Å². The molecule has 2 fully saturated rings. The molecule has 0 amide bonds. The molecule has 0 spiro atoms. The molecule has 3 N–H and O–H groups in total. The third-order valence-electron chi connectivity index (χ3n) is 4.91. The molecule has 0 aliphatic carbocycles. The molecule has 2 aliphatic heterocycles. The highest BCUT2D eigenvalue weighted by molar-refractivity contribution is 7.99. The first-order chi connectivity index (χ1) is 14.1. The van der Waals surface area contributed by atoms with Crippen molar-refractivity contribution < 1.29 is 9.23 Å². The second-order valence-electron chi connectivity index (χ2n) is 7.05. The van der Waals surface area contributed by atoms with Gasteiger partial charge in [0.25, 0.3) is 0 Å². The molecule has 2 heterocycles. The Balaban J connectivity index is 1.70. The van der Waals surface area contributed by atoms with E-state index in [0.717, 1.165) is 49.7 Å². The molecule has 0 saturated carbocycles. The Bertz CT molecular complexity index is 770. The third-order valence-corrected chi connectivity index (χ3v) is 6.29. The number of hydrogen-bond donors (Lipinski definition) is 2. The maximum atomic E-state index is 14.8. The second-order valence-corrected chi connectivity index (χ2v) is 8.68. The fourth-order valence-corrected chi connectivity index (χ4v) is 4.56. The Hall–Kier alpha value is -1.86. The molecule has 0 bridgehead atoms. The molecule has 0 aromatic heterocycles. The van der Waals surface area contributed by atoms with Gasteiger partial charge in [-0.1, -0.05) is 35.8 Å². The van der Waals surface area contributed by atoms with Crippen LogP contribution in [0.3, 0.4) is 0 Å². The SMILES string of the molecule is CC/C=C/C=C1\NCCN1Cc1c(F)cc(/C(N)=N\OC2CCSCC2)cc1Cl. The van der Waals surface area contributed by atoms with Crippen LogP contribution < -0.4 is 11.1 Å². The van der Waals surface area contributed by atoms with Crippen molar-refractivity contribution in [3.05, 3.63) is 58.1 Å². The number of hydrogen-bond acceptors (Lipinski definition) is 5. The number of oxime groups is 1. The van der Waals surface area contributed by atoms with Gasteiger partial charge in [-0.3, -0.25) is 0 Å². The summed E-state index contributed by atoms with van der Waals surface area (Å²) >= 11 is 8.32. The van der Waals surface area contributed by atoms with E-state index in [1.807, 2.05) is 23.9 Å². The fraction of sp³-hybridized carbons (Fsp3) is 0.476. The number of nitrogens with one attached hydrogen (secondary N) is 1. The summed E-state index contributed by atoms with van der Waals surface area (Å²) in [6.07, 6.45) is 9.02. The first kappa shape index (κ1) is 21.8. The molecule has 158 valence electrons. The Labute approximate surface area is 181 Å². The molecular formula is C21H28ClFN4OS. The standard InChI is InChI=1S/C21H28ClFN4OS/c1-2-3-4-5-20-25-8-9-27(20)14-17-18(22)12-15(13-19(17)23)21(24)26-28-16-6-10-29-11-7-16/h3-5,12-13,16,25H,2,6-11,14H2,1H3,(H2,24,26)/b4-3+,20-5+. The van der Waals surface area contributed by atoms with Gasteiger partial charge in [0.2, 0.25) is 0 Å². The van der Waals surface area contributed by atoms with E-state index in [2.05, 4.69) is 28.4 Å². The first-order valence-electron chi connectivity index (χ1n) is 9.99.